The van der Waals surface area contributed by atoms with Crippen molar-refractivity contribution in [3.8, 4) is 0 Å². The number of thiocarbonyl (C=S) groups is 1. The van der Waals surface area contributed by atoms with Crippen molar-refractivity contribution in [2.75, 3.05) is 13.1 Å². The molecule has 0 saturated carbocycles. The second-order valence-corrected chi connectivity index (χ2v) is 6.13. The maximum atomic E-state index is 5.27. The molecule has 0 spiro atoms. The van der Waals surface area contributed by atoms with Crippen molar-refractivity contribution in [1.29, 1.82) is 0 Å². The molecule has 0 aliphatic heterocycles. The van der Waals surface area contributed by atoms with Crippen LogP contribution in [0.4, 0.5) is 0 Å². The van der Waals surface area contributed by atoms with Gasteiger partial charge in [0, 0.05) is 13.1 Å². The molecule has 0 aromatic heterocycles. The van der Waals surface area contributed by atoms with E-state index in [0.717, 1.165) is 18.2 Å². The van der Waals surface area contributed by atoms with Gasteiger partial charge in [0.15, 0.2) is 5.11 Å². The highest BCUT2D eigenvalue weighted by molar-refractivity contribution is 7.80. The summed E-state index contributed by atoms with van der Waals surface area (Å²) in [6.07, 6.45) is 16.1. The third-order valence-corrected chi connectivity index (χ3v) is 3.92. The van der Waals surface area contributed by atoms with Gasteiger partial charge < -0.3 is 10.6 Å². The van der Waals surface area contributed by atoms with Crippen LogP contribution in [0, 0.1) is 0 Å². The fourth-order valence-electron chi connectivity index (χ4n) is 2.28. The lowest BCUT2D eigenvalue weighted by atomic mass is 10.1. The molecule has 2 nitrogen and oxygen atoms in total. The molecular formula is C17H36N2S. The van der Waals surface area contributed by atoms with Gasteiger partial charge in [0.05, 0.1) is 0 Å². The SMILES string of the molecule is CCCCCCCCCNC(=S)NCCCCCCC. The first-order valence-electron chi connectivity index (χ1n) is 8.83. The fraction of sp³-hybridized carbons (Fsp3) is 0.941. The second-order valence-electron chi connectivity index (χ2n) is 5.72. The van der Waals surface area contributed by atoms with Gasteiger partial charge in [-0.3, -0.25) is 0 Å². The number of hydrogen-bond acceptors (Lipinski definition) is 1. The van der Waals surface area contributed by atoms with E-state index in [4.69, 9.17) is 12.2 Å². The van der Waals surface area contributed by atoms with Gasteiger partial charge in [-0.15, -0.1) is 0 Å². The molecule has 0 rings (SSSR count). The largest absolute Gasteiger partial charge is 0.363 e. The minimum absolute atomic E-state index is 0.839. The highest BCUT2D eigenvalue weighted by Gasteiger charge is 1.95. The van der Waals surface area contributed by atoms with E-state index in [1.165, 1.54) is 77.0 Å². The van der Waals surface area contributed by atoms with Crippen LogP contribution < -0.4 is 10.6 Å². The van der Waals surface area contributed by atoms with Gasteiger partial charge >= 0.3 is 0 Å². The molecule has 0 saturated heterocycles. The maximum absolute atomic E-state index is 5.27. The molecule has 0 aliphatic rings. The van der Waals surface area contributed by atoms with Gasteiger partial charge in [-0.05, 0) is 25.1 Å². The summed E-state index contributed by atoms with van der Waals surface area (Å²) in [6.45, 7) is 6.56. The van der Waals surface area contributed by atoms with E-state index in [1.54, 1.807) is 0 Å². The van der Waals surface area contributed by atoms with Crippen molar-refractivity contribution in [3.05, 3.63) is 0 Å². The minimum atomic E-state index is 0.839. The van der Waals surface area contributed by atoms with Crippen molar-refractivity contribution < 1.29 is 0 Å². The van der Waals surface area contributed by atoms with Crippen LogP contribution in [0.25, 0.3) is 0 Å². The summed E-state index contributed by atoms with van der Waals surface area (Å²) in [5.41, 5.74) is 0. The summed E-state index contributed by atoms with van der Waals surface area (Å²) in [5.74, 6) is 0. The average Bonchev–Trinajstić information content (AvgIpc) is 2.45. The molecule has 0 radical (unpaired) electrons. The zero-order valence-corrected chi connectivity index (χ0v) is 14.6. The van der Waals surface area contributed by atoms with E-state index in [0.29, 0.717) is 0 Å². The molecule has 0 atom stereocenters. The smallest absolute Gasteiger partial charge is 0.166 e. The van der Waals surface area contributed by atoms with Crippen LogP contribution in [0.1, 0.15) is 90.9 Å². The van der Waals surface area contributed by atoms with Gasteiger partial charge in [0.2, 0.25) is 0 Å². The molecular weight excluding hydrogens is 264 g/mol. The van der Waals surface area contributed by atoms with Crippen molar-refractivity contribution in [2.24, 2.45) is 0 Å². The van der Waals surface area contributed by atoms with E-state index < -0.39 is 0 Å². The number of nitrogens with one attached hydrogen (secondary N) is 2. The first kappa shape index (κ1) is 19.7. The molecule has 0 aromatic carbocycles. The Hall–Kier alpha value is -0.310. The highest BCUT2D eigenvalue weighted by atomic mass is 32.1. The molecule has 0 aliphatic carbocycles. The Kier molecular flexibility index (Phi) is 16.5. The van der Waals surface area contributed by atoms with E-state index in [9.17, 15) is 0 Å². The summed E-state index contributed by atoms with van der Waals surface area (Å²) in [7, 11) is 0. The van der Waals surface area contributed by atoms with Gasteiger partial charge in [0.25, 0.3) is 0 Å². The summed E-state index contributed by atoms with van der Waals surface area (Å²) in [6, 6.07) is 0. The van der Waals surface area contributed by atoms with Gasteiger partial charge in [-0.25, -0.2) is 0 Å². The lowest BCUT2D eigenvalue weighted by molar-refractivity contribution is 0.583. The van der Waals surface area contributed by atoms with Crippen LogP contribution in [0.3, 0.4) is 0 Å². The highest BCUT2D eigenvalue weighted by Crippen LogP contribution is 2.06. The molecule has 0 heterocycles. The van der Waals surface area contributed by atoms with Crippen LogP contribution in [-0.2, 0) is 0 Å². The van der Waals surface area contributed by atoms with E-state index in [1.807, 2.05) is 0 Å². The molecule has 0 fully saturated rings. The third kappa shape index (κ3) is 15.7. The Balaban J connectivity index is 3.12. The molecule has 3 heteroatoms. The summed E-state index contributed by atoms with van der Waals surface area (Å²) < 4.78 is 0. The lowest BCUT2D eigenvalue weighted by Gasteiger charge is -2.10. The van der Waals surface area contributed by atoms with Crippen molar-refractivity contribution in [1.82, 2.24) is 10.6 Å². The van der Waals surface area contributed by atoms with Crippen molar-refractivity contribution >= 4 is 17.3 Å². The predicted molar refractivity (Wildman–Crippen MR) is 95.4 cm³/mol. The quantitative estimate of drug-likeness (QED) is 0.342. The van der Waals surface area contributed by atoms with Crippen LogP contribution in [0.15, 0.2) is 0 Å². The van der Waals surface area contributed by atoms with E-state index in [2.05, 4.69) is 24.5 Å². The molecule has 0 aromatic rings. The molecule has 0 bridgehead atoms. The summed E-state index contributed by atoms with van der Waals surface area (Å²) in [4.78, 5) is 0. The Morgan fingerprint density at radius 1 is 0.600 bits per heavy atom. The van der Waals surface area contributed by atoms with Crippen LogP contribution >= 0.6 is 12.2 Å². The Morgan fingerprint density at radius 2 is 0.950 bits per heavy atom. The second kappa shape index (κ2) is 16.7. The van der Waals surface area contributed by atoms with Gasteiger partial charge in [-0.2, -0.15) is 0 Å². The average molecular weight is 301 g/mol. The van der Waals surface area contributed by atoms with Gasteiger partial charge in [-0.1, -0.05) is 78.1 Å². The number of hydrogen-bond donors (Lipinski definition) is 2. The first-order chi connectivity index (χ1) is 9.81. The predicted octanol–water partition coefficient (Wildman–Crippen LogP) is 5.17. The third-order valence-electron chi connectivity index (χ3n) is 3.63. The fourth-order valence-corrected chi connectivity index (χ4v) is 2.48. The van der Waals surface area contributed by atoms with Crippen LogP contribution in [0.5, 0.6) is 0 Å². The molecule has 20 heavy (non-hydrogen) atoms. The standard InChI is InChI=1S/C17H36N2S/c1-3-5-7-9-10-12-14-16-19-17(20)18-15-13-11-8-6-4-2/h3-16H2,1-2H3,(H2,18,19,20). The topological polar surface area (TPSA) is 24.1 Å². The molecule has 2 N–H and O–H groups in total. The molecule has 0 amide bonds. The Morgan fingerprint density at radius 3 is 1.35 bits per heavy atom. The Labute approximate surface area is 132 Å². The minimum Gasteiger partial charge on any atom is -0.363 e. The zero-order chi connectivity index (χ0) is 14.9. The van der Waals surface area contributed by atoms with Crippen molar-refractivity contribution in [2.45, 2.75) is 90.9 Å². The monoisotopic (exact) mass is 300 g/mol. The normalized spacial score (nSPS) is 10.5. The first-order valence-corrected chi connectivity index (χ1v) is 9.23. The number of rotatable bonds is 14. The van der Waals surface area contributed by atoms with E-state index in [-0.39, 0.29) is 0 Å². The number of unbranched alkanes of at least 4 members (excludes halogenated alkanes) is 10. The van der Waals surface area contributed by atoms with Gasteiger partial charge in [0.1, 0.15) is 0 Å². The van der Waals surface area contributed by atoms with E-state index >= 15 is 0 Å². The van der Waals surface area contributed by atoms with Crippen molar-refractivity contribution in [3.63, 3.8) is 0 Å². The zero-order valence-electron chi connectivity index (χ0n) is 13.8. The van der Waals surface area contributed by atoms with Crippen LogP contribution in [-0.4, -0.2) is 18.2 Å². The van der Waals surface area contributed by atoms with Crippen LogP contribution in [0.2, 0.25) is 0 Å². The molecule has 0 unspecified atom stereocenters. The Bertz CT molecular complexity index is 207. The summed E-state index contributed by atoms with van der Waals surface area (Å²) >= 11 is 5.27. The maximum Gasteiger partial charge on any atom is 0.166 e. The molecule has 120 valence electrons. The lowest BCUT2D eigenvalue weighted by Crippen LogP contribution is -2.36. The summed E-state index contributed by atoms with van der Waals surface area (Å²) in [5, 5.41) is 7.45.